The molecule has 1 unspecified atom stereocenters. The molecule has 5 aromatic rings. The molecule has 3 aromatic carbocycles. The van der Waals surface area contributed by atoms with Crippen molar-refractivity contribution in [2.24, 2.45) is 5.92 Å². The number of benzene rings is 3. The molecule has 232 valence electrons. The highest BCUT2D eigenvalue weighted by Gasteiger charge is 2.36. The van der Waals surface area contributed by atoms with E-state index in [-0.39, 0.29) is 28.9 Å². The largest absolute Gasteiger partial charge is 0.435 e. The first-order chi connectivity index (χ1) is 21.4. The number of nitrogens with zero attached hydrogens (tertiary/aromatic N) is 4. The van der Waals surface area contributed by atoms with Gasteiger partial charge in [-0.1, -0.05) is 36.4 Å². The molecule has 1 aliphatic rings. The van der Waals surface area contributed by atoms with Gasteiger partial charge in [0.15, 0.2) is 5.69 Å². The van der Waals surface area contributed by atoms with E-state index in [0.717, 1.165) is 23.6 Å². The van der Waals surface area contributed by atoms with Gasteiger partial charge in [-0.2, -0.15) is 18.3 Å². The second kappa shape index (κ2) is 11.6. The standard InChI is InChI=1S/C30H25F4N7O3S/c31-22-10-8-19(27(18-4-2-1-3-5-18)40-45(43,44)15-17-6-7-17)12-24(22)38-29(42)25-14-26(30(32,33)34)39-41(25)20-9-11-23-21(13-20)28(35)37-16-36-23/h1-5,8-14,16-17,27,40H,6-7,15H2,(H,38,42)(H2,35,36,37). The van der Waals surface area contributed by atoms with Crippen LogP contribution in [0.15, 0.2) is 79.1 Å². The van der Waals surface area contributed by atoms with E-state index >= 15 is 4.39 Å². The summed E-state index contributed by atoms with van der Waals surface area (Å²) in [6.45, 7) is 0. The molecule has 2 heterocycles. The summed E-state index contributed by atoms with van der Waals surface area (Å²) in [6, 6.07) is 16.1. The number of hydrogen-bond donors (Lipinski definition) is 3. The van der Waals surface area contributed by atoms with Crippen LogP contribution in [0.5, 0.6) is 0 Å². The fourth-order valence-electron chi connectivity index (χ4n) is 4.88. The number of nitrogen functional groups attached to an aromatic ring is 1. The number of anilines is 2. The van der Waals surface area contributed by atoms with Gasteiger partial charge in [0.1, 0.15) is 23.7 Å². The first-order valence-corrected chi connectivity index (χ1v) is 15.4. The lowest BCUT2D eigenvalue weighted by atomic mass is 9.99. The number of amides is 1. The monoisotopic (exact) mass is 639 g/mol. The second-order valence-electron chi connectivity index (χ2n) is 10.7. The van der Waals surface area contributed by atoms with Crippen LogP contribution in [0.1, 0.15) is 46.2 Å². The number of halogens is 4. The molecule has 15 heteroatoms. The molecule has 0 bridgehead atoms. The van der Waals surface area contributed by atoms with Gasteiger partial charge in [0.2, 0.25) is 10.0 Å². The minimum absolute atomic E-state index is 0.0492. The van der Waals surface area contributed by atoms with E-state index in [1.807, 2.05) is 0 Å². The summed E-state index contributed by atoms with van der Waals surface area (Å²) in [4.78, 5) is 21.4. The maximum Gasteiger partial charge on any atom is 0.435 e. The molecular formula is C30H25F4N7O3S. The molecule has 2 aromatic heterocycles. The van der Waals surface area contributed by atoms with Crippen LogP contribution in [-0.2, 0) is 16.2 Å². The molecule has 0 spiro atoms. The van der Waals surface area contributed by atoms with Gasteiger partial charge in [0, 0.05) is 11.5 Å². The first kappa shape index (κ1) is 30.1. The van der Waals surface area contributed by atoms with Crippen LogP contribution >= 0.6 is 0 Å². The van der Waals surface area contributed by atoms with Crippen LogP contribution in [0, 0.1) is 11.7 Å². The Balaban J connectivity index is 1.37. The average Bonchev–Trinajstić information content (AvgIpc) is 3.68. The first-order valence-electron chi connectivity index (χ1n) is 13.7. The van der Waals surface area contributed by atoms with Gasteiger partial charge in [-0.3, -0.25) is 4.79 Å². The predicted octanol–water partition coefficient (Wildman–Crippen LogP) is 5.23. The van der Waals surface area contributed by atoms with Gasteiger partial charge in [-0.15, -0.1) is 0 Å². The number of aromatic nitrogens is 4. The van der Waals surface area contributed by atoms with Gasteiger partial charge in [-0.25, -0.2) is 32.2 Å². The fraction of sp³-hybridized carbons (Fsp3) is 0.200. The van der Waals surface area contributed by atoms with Gasteiger partial charge >= 0.3 is 6.18 Å². The molecule has 45 heavy (non-hydrogen) atoms. The zero-order valence-electron chi connectivity index (χ0n) is 23.3. The van der Waals surface area contributed by atoms with E-state index in [1.165, 1.54) is 36.7 Å². The number of nitrogens with one attached hydrogen (secondary N) is 2. The fourth-order valence-corrected chi connectivity index (χ4v) is 6.56. The van der Waals surface area contributed by atoms with Crippen molar-refractivity contribution in [2.45, 2.75) is 25.1 Å². The van der Waals surface area contributed by atoms with Crippen molar-refractivity contribution in [2.75, 3.05) is 16.8 Å². The van der Waals surface area contributed by atoms with E-state index in [9.17, 15) is 26.4 Å². The second-order valence-corrected chi connectivity index (χ2v) is 12.5. The molecule has 4 N–H and O–H groups in total. The van der Waals surface area contributed by atoms with Crippen molar-refractivity contribution in [3.63, 3.8) is 0 Å². The third-order valence-corrected chi connectivity index (χ3v) is 8.79. The molecule has 0 radical (unpaired) electrons. The molecule has 1 saturated carbocycles. The van der Waals surface area contributed by atoms with Crippen LogP contribution in [0.3, 0.4) is 0 Å². The Bertz CT molecular complexity index is 2010. The average molecular weight is 640 g/mol. The maximum absolute atomic E-state index is 15.1. The van der Waals surface area contributed by atoms with Gasteiger partial charge < -0.3 is 11.1 Å². The summed E-state index contributed by atoms with van der Waals surface area (Å²) in [7, 11) is -3.74. The number of rotatable bonds is 9. The topological polar surface area (TPSA) is 145 Å². The van der Waals surface area contributed by atoms with E-state index in [2.05, 4.69) is 25.1 Å². The number of carbonyl (C=O) groups excluding carboxylic acids is 1. The normalized spacial score (nSPS) is 14.4. The highest BCUT2D eigenvalue weighted by atomic mass is 32.2. The molecule has 0 saturated heterocycles. The molecule has 1 aliphatic carbocycles. The van der Waals surface area contributed by atoms with Gasteiger partial charge in [0.05, 0.1) is 28.7 Å². The van der Waals surface area contributed by atoms with Crippen LogP contribution < -0.4 is 15.8 Å². The summed E-state index contributed by atoms with van der Waals surface area (Å²) in [5.41, 5.74) is 4.96. The third kappa shape index (κ3) is 6.63. The van der Waals surface area contributed by atoms with Crippen LogP contribution in [-0.4, -0.2) is 39.8 Å². The summed E-state index contributed by atoms with van der Waals surface area (Å²) >= 11 is 0. The van der Waals surface area contributed by atoms with Crippen molar-refractivity contribution < 1.29 is 30.8 Å². The third-order valence-electron chi connectivity index (χ3n) is 7.28. The number of sulfonamides is 1. The van der Waals surface area contributed by atoms with E-state index in [4.69, 9.17) is 5.73 Å². The summed E-state index contributed by atoms with van der Waals surface area (Å²) < 4.78 is 85.6. The SMILES string of the molecule is Nc1ncnc2ccc(-n3nc(C(F)(F)F)cc3C(=O)Nc3cc(C(NS(=O)(=O)CC4CC4)c4ccccc4)ccc3F)cc12. The molecule has 1 amide bonds. The van der Waals surface area contributed by atoms with E-state index in [1.54, 1.807) is 30.3 Å². The quantitative estimate of drug-likeness (QED) is 0.187. The highest BCUT2D eigenvalue weighted by molar-refractivity contribution is 7.89. The van der Waals surface area contributed by atoms with Crippen molar-refractivity contribution in [3.8, 4) is 5.69 Å². The Kier molecular flexibility index (Phi) is 7.74. The van der Waals surface area contributed by atoms with E-state index in [0.29, 0.717) is 28.1 Å². The number of alkyl halides is 3. The van der Waals surface area contributed by atoms with Crippen molar-refractivity contribution in [1.29, 1.82) is 0 Å². The Hall–Kier alpha value is -4.89. The summed E-state index contributed by atoms with van der Waals surface area (Å²) in [5.74, 6) is -1.91. The molecule has 1 atom stereocenters. The Morgan fingerprint density at radius 1 is 1.00 bits per heavy atom. The van der Waals surface area contributed by atoms with Gasteiger partial charge in [0.25, 0.3) is 5.91 Å². The number of hydrogen-bond acceptors (Lipinski definition) is 7. The summed E-state index contributed by atoms with van der Waals surface area (Å²) in [5, 5.41) is 6.26. The van der Waals surface area contributed by atoms with E-state index < -0.39 is 45.4 Å². The number of carbonyl (C=O) groups is 1. The van der Waals surface area contributed by atoms with Crippen LogP contribution in [0.2, 0.25) is 0 Å². The molecule has 6 rings (SSSR count). The summed E-state index contributed by atoms with van der Waals surface area (Å²) in [6.07, 6.45) is -2.03. The molecular weight excluding hydrogens is 614 g/mol. The smallest absolute Gasteiger partial charge is 0.383 e. The minimum atomic E-state index is -4.90. The van der Waals surface area contributed by atoms with Crippen LogP contribution in [0.4, 0.5) is 29.1 Å². The van der Waals surface area contributed by atoms with Crippen LogP contribution in [0.25, 0.3) is 16.6 Å². The molecule has 1 fully saturated rings. The maximum atomic E-state index is 15.1. The lowest BCUT2D eigenvalue weighted by Crippen LogP contribution is -2.32. The predicted molar refractivity (Wildman–Crippen MR) is 158 cm³/mol. The molecule has 10 nitrogen and oxygen atoms in total. The van der Waals surface area contributed by atoms with Crippen molar-refractivity contribution in [3.05, 3.63) is 107 Å². The Labute approximate surface area is 254 Å². The highest BCUT2D eigenvalue weighted by Crippen LogP contribution is 2.33. The number of fused-ring (bicyclic) bond motifs is 1. The Morgan fingerprint density at radius 3 is 2.47 bits per heavy atom. The lowest BCUT2D eigenvalue weighted by Gasteiger charge is -2.21. The van der Waals surface area contributed by atoms with Crippen molar-refractivity contribution >= 4 is 38.3 Å². The van der Waals surface area contributed by atoms with Gasteiger partial charge in [-0.05, 0) is 60.2 Å². The zero-order chi connectivity index (χ0) is 31.9. The molecule has 0 aliphatic heterocycles. The Morgan fingerprint density at radius 2 is 1.76 bits per heavy atom. The number of nitrogens with two attached hydrogens (primary N) is 1. The lowest BCUT2D eigenvalue weighted by molar-refractivity contribution is -0.141. The van der Waals surface area contributed by atoms with Crippen molar-refractivity contribution in [1.82, 2.24) is 24.5 Å². The zero-order valence-corrected chi connectivity index (χ0v) is 24.1. The minimum Gasteiger partial charge on any atom is -0.383 e.